The Balaban J connectivity index is 3.38. The van der Waals surface area contributed by atoms with E-state index in [2.05, 4.69) is 36.3 Å². The number of thiophene rings is 1. The first-order valence-electron chi connectivity index (χ1n) is 2.76. The molecular weight excluding hydrogens is 346 g/mol. The number of hydrogen-bond donors (Lipinski definition) is 0. The van der Waals surface area contributed by atoms with E-state index in [-0.39, 0.29) is 4.90 Å². The Labute approximate surface area is 95.0 Å². The maximum atomic E-state index is 11.2. The normalized spacial score (nSPS) is 10.9. The molecule has 70 valence electrons. The van der Waals surface area contributed by atoms with Crippen molar-refractivity contribution in [2.24, 2.45) is 4.40 Å². The van der Waals surface area contributed by atoms with Crippen LogP contribution in [0.5, 0.6) is 0 Å². The summed E-state index contributed by atoms with van der Waals surface area (Å²) in [6.07, 6.45) is 0.998. The minimum Gasteiger partial charge on any atom is -0.210 e. The van der Waals surface area contributed by atoms with Crippen LogP contribution in [0, 0.1) is 0 Å². The highest BCUT2D eigenvalue weighted by Crippen LogP contribution is 2.35. The Morgan fingerprint density at radius 3 is 2.46 bits per heavy atom. The monoisotopic (exact) mass is 345 g/mol. The molecule has 0 spiro atoms. The van der Waals surface area contributed by atoms with Gasteiger partial charge in [-0.2, -0.15) is 8.42 Å². The van der Waals surface area contributed by atoms with Crippen molar-refractivity contribution in [2.45, 2.75) is 4.90 Å². The van der Waals surface area contributed by atoms with E-state index in [0.717, 1.165) is 6.08 Å². The van der Waals surface area contributed by atoms with Gasteiger partial charge in [-0.25, -0.2) is 4.79 Å². The lowest BCUT2D eigenvalue weighted by Gasteiger charge is -1.90. The molecule has 0 saturated heterocycles. The van der Waals surface area contributed by atoms with Crippen LogP contribution in [-0.4, -0.2) is 14.5 Å². The van der Waals surface area contributed by atoms with Crippen LogP contribution in [0.25, 0.3) is 0 Å². The summed E-state index contributed by atoms with van der Waals surface area (Å²) in [6.45, 7) is 0. The molecule has 13 heavy (non-hydrogen) atoms. The molecule has 0 bridgehead atoms. The van der Waals surface area contributed by atoms with Gasteiger partial charge in [-0.05, 0) is 37.9 Å². The molecule has 0 radical (unpaired) electrons. The van der Waals surface area contributed by atoms with E-state index in [1.807, 2.05) is 0 Å². The van der Waals surface area contributed by atoms with Gasteiger partial charge in [0.1, 0.15) is 4.90 Å². The Bertz CT molecular complexity index is 472. The van der Waals surface area contributed by atoms with Crippen LogP contribution in [0.2, 0.25) is 0 Å². The second kappa shape index (κ2) is 4.02. The molecule has 0 aromatic carbocycles. The third-order valence-electron chi connectivity index (χ3n) is 1.06. The molecule has 0 fully saturated rings. The quantitative estimate of drug-likeness (QED) is 0.609. The van der Waals surface area contributed by atoms with Crippen molar-refractivity contribution in [1.82, 2.24) is 0 Å². The average molecular weight is 347 g/mol. The number of carbonyl (C=O) groups excluding carboxylic acids is 1. The molecule has 0 amide bonds. The highest BCUT2D eigenvalue weighted by atomic mass is 79.9. The van der Waals surface area contributed by atoms with Crippen LogP contribution in [0.4, 0.5) is 0 Å². The van der Waals surface area contributed by atoms with E-state index < -0.39 is 10.0 Å². The number of nitrogens with zero attached hydrogens (tertiary/aromatic N) is 1. The lowest BCUT2D eigenvalue weighted by Crippen LogP contribution is -1.94. The number of hydrogen-bond acceptors (Lipinski definition) is 4. The Morgan fingerprint density at radius 1 is 1.46 bits per heavy atom. The van der Waals surface area contributed by atoms with Crippen LogP contribution in [0.1, 0.15) is 0 Å². The highest BCUT2D eigenvalue weighted by Gasteiger charge is 2.19. The molecular formula is C5HBr2NO3S2. The zero-order chi connectivity index (χ0) is 10.1. The summed E-state index contributed by atoms with van der Waals surface area (Å²) in [6, 6.07) is 1.37. The molecule has 4 nitrogen and oxygen atoms in total. The summed E-state index contributed by atoms with van der Waals surface area (Å²) in [7, 11) is -3.89. The van der Waals surface area contributed by atoms with Crippen molar-refractivity contribution < 1.29 is 13.2 Å². The van der Waals surface area contributed by atoms with Crippen LogP contribution in [0.15, 0.2) is 22.9 Å². The first-order chi connectivity index (χ1) is 5.97. The summed E-state index contributed by atoms with van der Waals surface area (Å²) in [5, 5.41) is 0. The van der Waals surface area contributed by atoms with Gasteiger partial charge < -0.3 is 0 Å². The van der Waals surface area contributed by atoms with Crippen molar-refractivity contribution >= 4 is 59.3 Å². The summed E-state index contributed by atoms with van der Waals surface area (Å²) >= 11 is 7.34. The SMILES string of the molecule is O=C=NS(=O)(=O)c1cc(Br)sc1Br. The molecule has 0 unspecified atom stereocenters. The van der Waals surface area contributed by atoms with E-state index >= 15 is 0 Å². The van der Waals surface area contributed by atoms with Gasteiger partial charge in [0.15, 0.2) is 0 Å². The largest absolute Gasteiger partial charge is 0.294 e. The summed E-state index contributed by atoms with van der Waals surface area (Å²) in [4.78, 5) is 9.78. The first-order valence-corrected chi connectivity index (χ1v) is 6.60. The predicted octanol–water partition coefficient (Wildman–Crippen LogP) is 2.30. The molecule has 1 aromatic rings. The standard InChI is InChI=1S/C5HBr2NO3S2/c6-4-1-3(5(7)12-4)13(10,11)8-2-9/h1H. The minimum absolute atomic E-state index is 0.0345. The third-order valence-corrected chi connectivity index (χ3v) is 4.98. The van der Waals surface area contributed by atoms with Gasteiger partial charge in [0.25, 0.3) is 16.1 Å². The van der Waals surface area contributed by atoms with E-state index in [9.17, 15) is 13.2 Å². The van der Waals surface area contributed by atoms with Gasteiger partial charge in [0.2, 0.25) is 0 Å². The van der Waals surface area contributed by atoms with E-state index in [0.29, 0.717) is 7.57 Å². The van der Waals surface area contributed by atoms with Gasteiger partial charge in [-0.3, -0.25) is 0 Å². The lowest BCUT2D eigenvalue weighted by atomic mass is 10.7. The fraction of sp³-hybridized carbons (Fsp3) is 0. The maximum Gasteiger partial charge on any atom is 0.294 e. The molecule has 1 rings (SSSR count). The van der Waals surface area contributed by atoms with Crippen molar-refractivity contribution in [3.63, 3.8) is 0 Å². The third kappa shape index (κ3) is 2.47. The molecule has 1 aromatic heterocycles. The van der Waals surface area contributed by atoms with Gasteiger partial charge in [-0.15, -0.1) is 11.3 Å². The first kappa shape index (κ1) is 11.1. The van der Waals surface area contributed by atoms with Crippen LogP contribution >= 0.6 is 43.2 Å². The van der Waals surface area contributed by atoms with Crippen LogP contribution < -0.4 is 0 Å². The summed E-state index contributed by atoms with van der Waals surface area (Å²) < 4.78 is 26.1. The molecule has 0 atom stereocenters. The average Bonchev–Trinajstić information content (AvgIpc) is 2.30. The van der Waals surface area contributed by atoms with Crippen molar-refractivity contribution in [3.8, 4) is 0 Å². The van der Waals surface area contributed by atoms with Gasteiger partial charge >= 0.3 is 0 Å². The lowest BCUT2D eigenvalue weighted by molar-refractivity contribution is 0.563. The van der Waals surface area contributed by atoms with E-state index in [1.54, 1.807) is 0 Å². The smallest absolute Gasteiger partial charge is 0.210 e. The number of halogens is 2. The van der Waals surface area contributed by atoms with Gasteiger partial charge in [-0.1, -0.05) is 4.40 Å². The highest BCUT2D eigenvalue weighted by molar-refractivity contribution is 9.12. The van der Waals surface area contributed by atoms with Crippen molar-refractivity contribution in [2.75, 3.05) is 0 Å². The second-order valence-corrected chi connectivity index (χ2v) is 7.17. The summed E-state index contributed by atoms with van der Waals surface area (Å²) in [5.74, 6) is 0. The maximum absolute atomic E-state index is 11.2. The molecule has 0 aliphatic carbocycles. The fourth-order valence-corrected chi connectivity index (χ4v) is 5.06. The zero-order valence-electron chi connectivity index (χ0n) is 5.82. The molecule has 1 heterocycles. The van der Waals surface area contributed by atoms with E-state index in [4.69, 9.17) is 0 Å². The number of rotatable bonds is 2. The molecule has 0 aliphatic rings. The number of isocyanates is 1. The molecule has 0 N–H and O–H groups in total. The number of sulfonamides is 1. The molecule has 8 heteroatoms. The Morgan fingerprint density at radius 2 is 2.08 bits per heavy atom. The fourth-order valence-electron chi connectivity index (χ4n) is 0.599. The van der Waals surface area contributed by atoms with Crippen molar-refractivity contribution in [1.29, 1.82) is 0 Å². The predicted molar refractivity (Wildman–Crippen MR) is 55.0 cm³/mol. The topological polar surface area (TPSA) is 63.6 Å². The minimum atomic E-state index is -3.89. The van der Waals surface area contributed by atoms with Gasteiger partial charge in [0, 0.05) is 0 Å². The second-order valence-electron chi connectivity index (χ2n) is 1.85. The van der Waals surface area contributed by atoms with Crippen LogP contribution in [-0.2, 0) is 14.8 Å². The molecule has 0 saturated carbocycles. The van der Waals surface area contributed by atoms with Gasteiger partial charge in [0.05, 0.1) is 7.57 Å². The Kier molecular flexibility index (Phi) is 3.42. The Hall–Kier alpha value is -0.0100. The zero-order valence-corrected chi connectivity index (χ0v) is 10.6. The van der Waals surface area contributed by atoms with Crippen molar-refractivity contribution in [3.05, 3.63) is 13.6 Å². The molecule has 0 aliphatic heterocycles. The van der Waals surface area contributed by atoms with E-state index in [1.165, 1.54) is 17.4 Å². The van der Waals surface area contributed by atoms with Crippen LogP contribution in [0.3, 0.4) is 0 Å². The summed E-state index contributed by atoms with van der Waals surface area (Å²) in [5.41, 5.74) is 0.